The summed E-state index contributed by atoms with van der Waals surface area (Å²) in [4.78, 5) is 1.67. The van der Waals surface area contributed by atoms with Crippen molar-refractivity contribution in [1.29, 1.82) is 10.7 Å². The van der Waals surface area contributed by atoms with E-state index >= 15 is 0 Å². The molecule has 0 amide bonds. The lowest BCUT2D eigenvalue weighted by molar-refractivity contribution is 0.317. The highest BCUT2D eigenvalue weighted by atomic mass is 16.3. The Morgan fingerprint density at radius 3 is 2.50 bits per heavy atom. The predicted molar refractivity (Wildman–Crippen MR) is 44.8 cm³/mol. The SMILES string of the molecule is CC(C)N1CC(O)=C(C#N)C1=N. The normalized spacial score (nSPS) is 17.5. The number of aliphatic hydroxyl groups is 1. The van der Waals surface area contributed by atoms with E-state index in [1.807, 2.05) is 19.9 Å². The van der Waals surface area contributed by atoms with Gasteiger partial charge in [0.05, 0.1) is 6.54 Å². The van der Waals surface area contributed by atoms with Crippen molar-refractivity contribution in [3.05, 3.63) is 11.3 Å². The molecule has 1 aliphatic heterocycles. The molecule has 4 heteroatoms. The highest BCUT2D eigenvalue weighted by molar-refractivity contribution is 6.02. The molecular weight excluding hydrogens is 154 g/mol. The van der Waals surface area contributed by atoms with Crippen LogP contribution in [-0.2, 0) is 0 Å². The smallest absolute Gasteiger partial charge is 0.143 e. The lowest BCUT2D eigenvalue weighted by Gasteiger charge is -2.21. The van der Waals surface area contributed by atoms with Gasteiger partial charge in [-0.05, 0) is 13.8 Å². The highest BCUT2D eigenvalue weighted by Crippen LogP contribution is 2.18. The van der Waals surface area contributed by atoms with Gasteiger partial charge >= 0.3 is 0 Å². The van der Waals surface area contributed by atoms with E-state index in [1.54, 1.807) is 4.90 Å². The molecule has 0 saturated carbocycles. The first kappa shape index (κ1) is 8.60. The molecule has 0 aromatic heterocycles. The monoisotopic (exact) mass is 165 g/mol. The largest absolute Gasteiger partial charge is 0.509 e. The van der Waals surface area contributed by atoms with Gasteiger partial charge in [0.1, 0.15) is 23.2 Å². The molecule has 0 aromatic carbocycles. The Kier molecular flexibility index (Phi) is 2.05. The molecule has 0 atom stereocenters. The van der Waals surface area contributed by atoms with Gasteiger partial charge in [-0.15, -0.1) is 0 Å². The zero-order valence-electron chi connectivity index (χ0n) is 7.13. The van der Waals surface area contributed by atoms with Crippen molar-refractivity contribution in [1.82, 2.24) is 4.90 Å². The Morgan fingerprint density at radius 1 is 1.67 bits per heavy atom. The third-order valence-electron chi connectivity index (χ3n) is 1.87. The van der Waals surface area contributed by atoms with Gasteiger partial charge in [-0.1, -0.05) is 0 Å². The number of amidine groups is 1. The average Bonchev–Trinajstić information content (AvgIpc) is 2.27. The van der Waals surface area contributed by atoms with E-state index in [0.717, 1.165) is 0 Å². The van der Waals surface area contributed by atoms with Gasteiger partial charge in [-0.2, -0.15) is 5.26 Å². The summed E-state index contributed by atoms with van der Waals surface area (Å²) in [6, 6.07) is 1.96. The predicted octanol–water partition coefficient (Wildman–Crippen LogP) is 1.02. The van der Waals surface area contributed by atoms with Crippen molar-refractivity contribution < 1.29 is 5.11 Å². The van der Waals surface area contributed by atoms with E-state index in [2.05, 4.69) is 0 Å². The van der Waals surface area contributed by atoms with Crippen LogP contribution in [0.3, 0.4) is 0 Å². The molecule has 0 fully saturated rings. The van der Waals surface area contributed by atoms with Crippen LogP contribution in [0.5, 0.6) is 0 Å². The molecule has 0 aliphatic carbocycles. The minimum Gasteiger partial charge on any atom is -0.509 e. The molecule has 1 rings (SSSR count). The summed E-state index contributed by atoms with van der Waals surface area (Å²) >= 11 is 0. The second-order valence-electron chi connectivity index (χ2n) is 3.00. The number of rotatable bonds is 1. The van der Waals surface area contributed by atoms with E-state index in [4.69, 9.17) is 10.7 Å². The molecule has 1 aliphatic rings. The maximum atomic E-state index is 9.25. The fourth-order valence-corrected chi connectivity index (χ4v) is 1.16. The molecule has 0 saturated heterocycles. The summed E-state index contributed by atoms with van der Waals surface area (Å²) in [7, 11) is 0. The minimum atomic E-state index is 0.0104. The second kappa shape index (κ2) is 2.86. The topological polar surface area (TPSA) is 71.1 Å². The Labute approximate surface area is 71.2 Å². The van der Waals surface area contributed by atoms with Crippen LogP contribution < -0.4 is 0 Å². The van der Waals surface area contributed by atoms with Gasteiger partial charge in [0.15, 0.2) is 0 Å². The maximum Gasteiger partial charge on any atom is 0.143 e. The molecule has 4 nitrogen and oxygen atoms in total. The van der Waals surface area contributed by atoms with Crippen LogP contribution in [0.25, 0.3) is 0 Å². The third-order valence-corrected chi connectivity index (χ3v) is 1.87. The summed E-state index contributed by atoms with van der Waals surface area (Å²) in [5.41, 5.74) is 0.101. The molecule has 0 radical (unpaired) electrons. The molecule has 1 heterocycles. The van der Waals surface area contributed by atoms with E-state index in [9.17, 15) is 5.11 Å². The summed E-state index contributed by atoms with van der Waals surface area (Å²) in [6.07, 6.45) is 0. The van der Waals surface area contributed by atoms with Crippen molar-refractivity contribution >= 4 is 5.84 Å². The van der Waals surface area contributed by atoms with Crippen LogP contribution in [0.1, 0.15) is 13.8 Å². The van der Waals surface area contributed by atoms with Gasteiger partial charge in [0.25, 0.3) is 0 Å². The van der Waals surface area contributed by atoms with E-state index in [0.29, 0.717) is 6.54 Å². The molecular formula is C8H11N3O. The summed E-state index contributed by atoms with van der Waals surface area (Å²) in [5, 5.41) is 25.3. The van der Waals surface area contributed by atoms with Gasteiger partial charge in [0, 0.05) is 6.04 Å². The quantitative estimate of drug-likeness (QED) is 0.609. The van der Waals surface area contributed by atoms with Crippen LogP contribution in [-0.4, -0.2) is 28.4 Å². The molecule has 64 valence electrons. The van der Waals surface area contributed by atoms with Crippen molar-refractivity contribution in [3.8, 4) is 6.07 Å². The zero-order chi connectivity index (χ0) is 9.30. The van der Waals surface area contributed by atoms with Crippen molar-refractivity contribution in [2.45, 2.75) is 19.9 Å². The molecule has 0 aromatic rings. The fourth-order valence-electron chi connectivity index (χ4n) is 1.16. The number of nitrogens with zero attached hydrogens (tertiary/aromatic N) is 2. The summed E-state index contributed by atoms with van der Waals surface area (Å²) in [5.74, 6) is 0.140. The van der Waals surface area contributed by atoms with Crippen molar-refractivity contribution in [3.63, 3.8) is 0 Å². The average molecular weight is 165 g/mol. The van der Waals surface area contributed by atoms with Gasteiger partial charge < -0.3 is 10.0 Å². The molecule has 0 spiro atoms. The Hall–Kier alpha value is -1.50. The molecule has 0 unspecified atom stereocenters. The first-order valence-electron chi connectivity index (χ1n) is 3.75. The Morgan fingerprint density at radius 2 is 2.25 bits per heavy atom. The van der Waals surface area contributed by atoms with Crippen LogP contribution in [0, 0.1) is 16.7 Å². The van der Waals surface area contributed by atoms with Crippen LogP contribution in [0.4, 0.5) is 0 Å². The first-order valence-corrected chi connectivity index (χ1v) is 3.75. The summed E-state index contributed by atoms with van der Waals surface area (Å²) < 4.78 is 0. The van der Waals surface area contributed by atoms with Crippen LogP contribution in [0.15, 0.2) is 11.3 Å². The Balaban J connectivity index is 2.90. The van der Waals surface area contributed by atoms with Gasteiger partial charge in [-0.25, -0.2) is 0 Å². The summed E-state index contributed by atoms with van der Waals surface area (Å²) in [6.45, 7) is 4.13. The highest BCUT2D eigenvalue weighted by Gasteiger charge is 2.28. The number of hydrogen-bond acceptors (Lipinski definition) is 3. The van der Waals surface area contributed by atoms with E-state index < -0.39 is 0 Å². The van der Waals surface area contributed by atoms with E-state index in [-0.39, 0.29) is 23.2 Å². The number of hydrogen-bond donors (Lipinski definition) is 2. The molecule has 2 N–H and O–H groups in total. The van der Waals surface area contributed by atoms with Crippen molar-refractivity contribution in [2.24, 2.45) is 0 Å². The number of aliphatic hydroxyl groups excluding tert-OH is 1. The van der Waals surface area contributed by atoms with E-state index in [1.165, 1.54) is 0 Å². The van der Waals surface area contributed by atoms with Gasteiger partial charge in [0.2, 0.25) is 0 Å². The molecule has 12 heavy (non-hydrogen) atoms. The number of nitrogens with one attached hydrogen (secondary N) is 1. The maximum absolute atomic E-state index is 9.25. The standard InChI is InChI=1S/C8H11N3O/c1-5(2)11-4-7(12)6(3-9)8(11)10/h5,10,12H,4H2,1-2H3. The number of nitriles is 1. The first-order chi connectivity index (χ1) is 5.57. The van der Waals surface area contributed by atoms with Gasteiger partial charge in [-0.3, -0.25) is 5.41 Å². The third kappa shape index (κ3) is 1.14. The Bertz CT molecular complexity index is 285. The lowest BCUT2D eigenvalue weighted by atomic mass is 10.2. The van der Waals surface area contributed by atoms with Crippen molar-refractivity contribution in [2.75, 3.05) is 6.54 Å². The van der Waals surface area contributed by atoms with Crippen LogP contribution >= 0.6 is 0 Å². The minimum absolute atomic E-state index is 0.0104. The van der Waals surface area contributed by atoms with Crippen LogP contribution in [0.2, 0.25) is 0 Å². The zero-order valence-corrected chi connectivity index (χ0v) is 7.13. The fraction of sp³-hybridized carbons (Fsp3) is 0.500. The lowest BCUT2D eigenvalue weighted by Crippen LogP contribution is -2.33. The molecule has 0 bridgehead atoms. The second-order valence-corrected chi connectivity index (χ2v) is 3.00.